The van der Waals surface area contributed by atoms with E-state index in [-0.39, 0.29) is 0 Å². The number of rotatable bonds is 32. The summed E-state index contributed by atoms with van der Waals surface area (Å²) in [5.74, 6) is 7.44. The molecule has 3 heteroatoms. The average Bonchev–Trinajstić information content (AvgIpc) is 3.67. The van der Waals surface area contributed by atoms with Crippen molar-refractivity contribution in [2.45, 2.75) is 240 Å². The zero-order valence-electron chi connectivity index (χ0n) is 43.3. The smallest absolute Gasteiger partial charge is 0.119 e. The van der Waals surface area contributed by atoms with Crippen molar-refractivity contribution in [2.75, 3.05) is 19.8 Å². The molecule has 3 nitrogen and oxygen atoms in total. The Morgan fingerprint density at radius 3 is 1.60 bits per heavy atom. The van der Waals surface area contributed by atoms with Gasteiger partial charge >= 0.3 is 0 Å². The summed E-state index contributed by atoms with van der Waals surface area (Å²) in [7, 11) is 0. The second kappa shape index (κ2) is 27.7. The highest BCUT2D eigenvalue weighted by atomic mass is 16.5. The van der Waals surface area contributed by atoms with E-state index in [4.69, 9.17) is 14.2 Å². The van der Waals surface area contributed by atoms with Crippen LogP contribution in [0.15, 0.2) is 60.2 Å². The van der Waals surface area contributed by atoms with E-state index in [2.05, 4.69) is 96.1 Å². The molecule has 4 aliphatic rings. The van der Waals surface area contributed by atoms with Gasteiger partial charge in [-0.3, -0.25) is 0 Å². The Labute approximate surface area is 401 Å². The van der Waals surface area contributed by atoms with E-state index < -0.39 is 0 Å². The van der Waals surface area contributed by atoms with Crippen molar-refractivity contribution in [3.05, 3.63) is 60.2 Å². The number of benzene rings is 2. The van der Waals surface area contributed by atoms with E-state index >= 15 is 0 Å². The molecule has 0 radical (unpaired) electrons. The molecule has 0 aromatic heterocycles. The van der Waals surface area contributed by atoms with Crippen molar-refractivity contribution >= 4 is 0 Å². The van der Waals surface area contributed by atoms with Gasteiger partial charge in [0.15, 0.2) is 0 Å². The van der Waals surface area contributed by atoms with Crippen LogP contribution in [0.1, 0.15) is 234 Å². The highest BCUT2D eigenvalue weighted by Gasteiger charge is 2.59. The van der Waals surface area contributed by atoms with Crippen molar-refractivity contribution in [3.8, 4) is 22.6 Å². The summed E-state index contributed by atoms with van der Waals surface area (Å²) >= 11 is 0. The number of allylic oxidation sites excluding steroid dienone is 1. The summed E-state index contributed by atoms with van der Waals surface area (Å²) in [5, 5.41) is 0. The molecule has 0 spiro atoms. The summed E-state index contributed by atoms with van der Waals surface area (Å²) in [5.41, 5.74) is 5.25. The van der Waals surface area contributed by atoms with Gasteiger partial charge in [0.1, 0.15) is 11.5 Å². The van der Waals surface area contributed by atoms with Crippen LogP contribution < -0.4 is 9.47 Å². The molecule has 6 rings (SSSR count). The maximum Gasteiger partial charge on any atom is 0.119 e. The van der Waals surface area contributed by atoms with Crippen molar-refractivity contribution in [1.29, 1.82) is 0 Å². The molecular formula is C62H100O3. The second-order valence-corrected chi connectivity index (χ2v) is 23.1. The molecule has 0 amide bonds. The molecule has 2 aromatic rings. The first-order chi connectivity index (χ1) is 31.7. The molecule has 0 saturated heterocycles. The molecule has 3 saturated carbocycles. The predicted molar refractivity (Wildman–Crippen MR) is 279 cm³/mol. The van der Waals surface area contributed by atoms with Gasteiger partial charge < -0.3 is 14.2 Å². The van der Waals surface area contributed by atoms with Crippen LogP contribution in [0.2, 0.25) is 0 Å². The van der Waals surface area contributed by atoms with Crippen LogP contribution in [-0.4, -0.2) is 25.9 Å². The molecule has 0 unspecified atom stereocenters. The van der Waals surface area contributed by atoms with E-state index in [9.17, 15) is 0 Å². The Balaban J connectivity index is 0.746. The zero-order chi connectivity index (χ0) is 45.7. The Bertz CT molecular complexity index is 1610. The lowest BCUT2D eigenvalue weighted by molar-refractivity contribution is -0.0641. The topological polar surface area (TPSA) is 27.7 Å². The van der Waals surface area contributed by atoms with E-state index in [1.807, 2.05) is 0 Å². The van der Waals surface area contributed by atoms with Gasteiger partial charge in [-0.2, -0.15) is 0 Å². The third-order valence-electron chi connectivity index (χ3n) is 18.0. The maximum atomic E-state index is 6.60. The number of hydrogen-bond donors (Lipinski definition) is 0. The Hall–Kier alpha value is -2.26. The largest absolute Gasteiger partial charge is 0.494 e. The van der Waals surface area contributed by atoms with Crippen molar-refractivity contribution in [3.63, 3.8) is 0 Å². The first-order valence-electron chi connectivity index (χ1n) is 28.5. The van der Waals surface area contributed by atoms with Crippen molar-refractivity contribution < 1.29 is 14.2 Å². The second-order valence-electron chi connectivity index (χ2n) is 23.1. The number of unbranched alkanes of at least 4 members (excludes halogenated alkanes) is 17. The van der Waals surface area contributed by atoms with E-state index in [1.54, 1.807) is 5.57 Å². The van der Waals surface area contributed by atoms with E-state index in [0.717, 1.165) is 79.7 Å². The molecule has 65 heavy (non-hydrogen) atoms. The van der Waals surface area contributed by atoms with Crippen LogP contribution in [0.25, 0.3) is 11.1 Å². The van der Waals surface area contributed by atoms with Gasteiger partial charge in [-0.1, -0.05) is 199 Å². The standard InChI is InChI=1S/C62H100O3/c1-7-8-9-10-11-12-14-17-20-23-45-63-54-34-29-51(30-35-54)52-31-36-55(37-32-52)64-46-24-21-18-15-13-16-19-22-25-47-65-56-41-43-61(5)53(48-56)33-38-57-59-40-39-58(50(4)28-26-27-49(2)3)62(59,6)44-42-60(57)61/h29-37,49-50,56-60H,7-28,38-48H2,1-6H3/t50-,56+,57+,58-,59+,60+,61+,62-/m1/s1. The number of fused-ring (bicyclic) bond motifs is 5. The van der Waals surface area contributed by atoms with E-state index in [1.165, 1.54) is 191 Å². The van der Waals surface area contributed by atoms with Crippen LogP contribution in [-0.2, 0) is 4.74 Å². The Morgan fingerprint density at radius 2 is 1.06 bits per heavy atom. The van der Waals surface area contributed by atoms with Crippen molar-refractivity contribution in [1.82, 2.24) is 0 Å². The SMILES string of the molecule is CCCCCCCCCCCCOc1ccc(-c2ccc(OCCCCCCCCCCCO[C@H]3CC[C@@]4(C)C(=CC[C@H]5[C@@H]6CC[C@H]([C@H](C)CCCC(C)C)[C@@]6(C)CC[C@@H]54)C3)cc2)cc1. The van der Waals surface area contributed by atoms with Crippen molar-refractivity contribution in [2.24, 2.45) is 46.3 Å². The molecule has 0 N–H and O–H groups in total. The Kier molecular flexibility index (Phi) is 22.2. The Morgan fingerprint density at radius 1 is 0.538 bits per heavy atom. The van der Waals surface area contributed by atoms with Crippen LogP contribution in [0, 0.1) is 46.3 Å². The van der Waals surface area contributed by atoms with Crippen LogP contribution in [0.4, 0.5) is 0 Å². The molecule has 3 fully saturated rings. The fraction of sp³-hybridized carbons (Fsp3) is 0.774. The van der Waals surface area contributed by atoms with Crippen LogP contribution in [0.3, 0.4) is 0 Å². The quantitative estimate of drug-likeness (QED) is 0.0541. The molecule has 8 atom stereocenters. The minimum absolute atomic E-state index is 0.432. The molecule has 0 bridgehead atoms. The third-order valence-corrected chi connectivity index (χ3v) is 18.0. The van der Waals surface area contributed by atoms with Crippen LogP contribution in [0.5, 0.6) is 11.5 Å². The highest BCUT2D eigenvalue weighted by molar-refractivity contribution is 5.64. The molecule has 4 aliphatic carbocycles. The molecule has 366 valence electrons. The number of hydrogen-bond acceptors (Lipinski definition) is 3. The summed E-state index contributed by atoms with van der Waals surface area (Å²) in [6, 6.07) is 17.2. The average molecular weight is 893 g/mol. The summed E-state index contributed by atoms with van der Waals surface area (Å²) in [6.45, 7) is 17.7. The third kappa shape index (κ3) is 15.6. The predicted octanol–water partition coefficient (Wildman–Crippen LogP) is 19.0. The highest BCUT2D eigenvalue weighted by Crippen LogP contribution is 2.67. The van der Waals surface area contributed by atoms with Gasteiger partial charge in [-0.25, -0.2) is 0 Å². The number of ether oxygens (including phenoxy) is 3. The van der Waals surface area contributed by atoms with Gasteiger partial charge in [0.2, 0.25) is 0 Å². The maximum absolute atomic E-state index is 6.60. The molecule has 0 aliphatic heterocycles. The normalized spacial score (nSPS) is 26.6. The molecule has 0 heterocycles. The van der Waals surface area contributed by atoms with Gasteiger partial charge in [-0.05, 0) is 152 Å². The lowest BCUT2D eigenvalue weighted by Gasteiger charge is -2.58. The lowest BCUT2D eigenvalue weighted by atomic mass is 9.47. The molecule has 2 aromatic carbocycles. The lowest BCUT2D eigenvalue weighted by Crippen LogP contribution is -2.51. The van der Waals surface area contributed by atoms with Gasteiger partial charge in [-0.15, -0.1) is 0 Å². The first kappa shape index (κ1) is 52.1. The fourth-order valence-corrected chi connectivity index (χ4v) is 13.9. The summed E-state index contributed by atoms with van der Waals surface area (Å²) in [6.07, 6.45) is 43.9. The summed E-state index contributed by atoms with van der Waals surface area (Å²) in [4.78, 5) is 0. The summed E-state index contributed by atoms with van der Waals surface area (Å²) < 4.78 is 18.7. The van der Waals surface area contributed by atoms with Gasteiger partial charge in [0, 0.05) is 6.61 Å². The van der Waals surface area contributed by atoms with E-state index in [0.29, 0.717) is 16.9 Å². The fourth-order valence-electron chi connectivity index (χ4n) is 13.9. The first-order valence-corrected chi connectivity index (χ1v) is 28.5. The van der Waals surface area contributed by atoms with Crippen LogP contribution >= 0.6 is 0 Å². The monoisotopic (exact) mass is 893 g/mol. The van der Waals surface area contributed by atoms with Gasteiger partial charge in [0.05, 0.1) is 19.3 Å². The van der Waals surface area contributed by atoms with Gasteiger partial charge in [0.25, 0.3) is 0 Å². The minimum atomic E-state index is 0.432. The minimum Gasteiger partial charge on any atom is -0.494 e. The molecular weight excluding hydrogens is 793 g/mol. The zero-order valence-corrected chi connectivity index (χ0v) is 43.3.